The van der Waals surface area contributed by atoms with Crippen LogP contribution >= 0.6 is 0 Å². The summed E-state index contributed by atoms with van der Waals surface area (Å²) in [5.74, 6) is 0.0790. The summed E-state index contributed by atoms with van der Waals surface area (Å²) in [6.45, 7) is 0.461. The minimum atomic E-state index is -0.615. The van der Waals surface area contributed by atoms with Crippen LogP contribution in [0.5, 0.6) is 5.75 Å². The topological polar surface area (TPSA) is 88.4 Å². The Hall–Kier alpha value is -3.28. The van der Waals surface area contributed by atoms with Gasteiger partial charge in [-0.15, -0.1) is 0 Å². The molecule has 6 heteroatoms. The third kappa shape index (κ3) is 3.03. The number of methoxy groups -OCH3 is 1. The van der Waals surface area contributed by atoms with E-state index in [1.54, 1.807) is 18.1 Å². The van der Waals surface area contributed by atoms with Crippen LogP contribution in [0, 0.1) is 0 Å². The van der Waals surface area contributed by atoms with E-state index in [9.17, 15) is 9.59 Å². The number of amides is 2. The second kappa shape index (κ2) is 6.79. The normalized spacial score (nSPS) is 19.4. The fraction of sp³-hybridized carbons (Fsp3) is 0.238. The molecule has 2 aromatic carbocycles. The molecule has 1 aliphatic rings. The lowest BCUT2D eigenvalue weighted by molar-refractivity contribution is -0.121. The summed E-state index contributed by atoms with van der Waals surface area (Å²) in [5, 5.41) is 0.831. The molecule has 0 bridgehead atoms. The lowest BCUT2D eigenvalue weighted by atomic mass is 9.96. The third-order valence-corrected chi connectivity index (χ3v) is 5.24. The second-order valence-corrected chi connectivity index (χ2v) is 6.82. The number of likely N-dealkylation sites (tertiary alicyclic amines) is 1. The molecule has 2 amide bonds. The summed E-state index contributed by atoms with van der Waals surface area (Å²) in [4.78, 5) is 29.9. The van der Waals surface area contributed by atoms with E-state index in [-0.39, 0.29) is 11.8 Å². The first-order valence-electron chi connectivity index (χ1n) is 8.89. The number of H-pyrrole nitrogens is 1. The zero-order chi connectivity index (χ0) is 19.0. The molecule has 2 atom stereocenters. The average Bonchev–Trinajstić information content (AvgIpc) is 3.32. The Bertz CT molecular complexity index is 996. The predicted octanol–water partition coefficient (Wildman–Crippen LogP) is 2.66. The number of ether oxygens (including phenoxy) is 1. The van der Waals surface area contributed by atoms with Gasteiger partial charge in [-0.3, -0.25) is 9.59 Å². The van der Waals surface area contributed by atoms with E-state index in [4.69, 9.17) is 10.5 Å². The Labute approximate surface area is 156 Å². The molecule has 1 aromatic heterocycles. The third-order valence-electron chi connectivity index (χ3n) is 5.24. The molecule has 1 saturated heterocycles. The number of primary amides is 1. The van der Waals surface area contributed by atoms with Crippen LogP contribution in [0.25, 0.3) is 10.9 Å². The number of hydrogen-bond acceptors (Lipinski definition) is 3. The quantitative estimate of drug-likeness (QED) is 0.747. The summed E-state index contributed by atoms with van der Waals surface area (Å²) < 4.78 is 5.36. The highest BCUT2D eigenvalue weighted by Crippen LogP contribution is 2.33. The summed E-state index contributed by atoms with van der Waals surface area (Å²) in [6.07, 6.45) is 0.536. The van der Waals surface area contributed by atoms with E-state index >= 15 is 0 Å². The Morgan fingerprint density at radius 2 is 1.93 bits per heavy atom. The van der Waals surface area contributed by atoms with E-state index in [0.29, 0.717) is 24.4 Å². The number of nitrogens with zero attached hydrogens (tertiary/aromatic N) is 1. The van der Waals surface area contributed by atoms with Gasteiger partial charge in [0.2, 0.25) is 5.91 Å². The maximum Gasteiger partial charge on any atom is 0.271 e. The first-order chi connectivity index (χ1) is 13.1. The molecule has 0 saturated carbocycles. The van der Waals surface area contributed by atoms with Gasteiger partial charge in [0, 0.05) is 23.4 Å². The van der Waals surface area contributed by atoms with Crippen molar-refractivity contribution in [3.05, 3.63) is 65.9 Å². The maximum atomic E-state index is 13.2. The minimum Gasteiger partial charge on any atom is -0.496 e. The van der Waals surface area contributed by atoms with Crippen molar-refractivity contribution in [3.63, 3.8) is 0 Å². The van der Waals surface area contributed by atoms with E-state index in [0.717, 1.165) is 16.5 Å². The molecule has 27 heavy (non-hydrogen) atoms. The molecule has 0 radical (unpaired) electrons. The van der Waals surface area contributed by atoms with Gasteiger partial charge in [0.25, 0.3) is 5.91 Å². The summed E-state index contributed by atoms with van der Waals surface area (Å²) in [7, 11) is 1.59. The lowest BCUT2D eigenvalue weighted by Crippen LogP contribution is -2.43. The van der Waals surface area contributed by atoms with Gasteiger partial charge >= 0.3 is 0 Å². The molecular weight excluding hydrogens is 342 g/mol. The predicted molar refractivity (Wildman–Crippen MR) is 103 cm³/mol. The molecule has 1 fully saturated rings. The number of hydrogen-bond donors (Lipinski definition) is 2. The van der Waals surface area contributed by atoms with Crippen molar-refractivity contribution in [1.29, 1.82) is 0 Å². The molecule has 0 aliphatic carbocycles. The number of carbonyl (C=O) groups excluding carboxylic acids is 2. The molecule has 4 rings (SSSR count). The van der Waals surface area contributed by atoms with Crippen LogP contribution in [-0.4, -0.2) is 41.4 Å². The number of rotatable bonds is 4. The molecule has 3 N–H and O–H groups in total. The van der Waals surface area contributed by atoms with Crippen LogP contribution in [0.15, 0.2) is 54.6 Å². The molecular formula is C21H21N3O3. The fourth-order valence-corrected chi connectivity index (χ4v) is 3.87. The van der Waals surface area contributed by atoms with E-state index in [2.05, 4.69) is 4.98 Å². The first kappa shape index (κ1) is 17.1. The van der Waals surface area contributed by atoms with Gasteiger partial charge in [-0.1, -0.05) is 36.4 Å². The molecule has 2 unspecified atom stereocenters. The lowest BCUT2D eigenvalue weighted by Gasteiger charge is -2.21. The Morgan fingerprint density at radius 3 is 2.63 bits per heavy atom. The highest BCUT2D eigenvalue weighted by atomic mass is 16.5. The van der Waals surface area contributed by atoms with Crippen molar-refractivity contribution in [2.75, 3.05) is 13.7 Å². The number of aromatic nitrogens is 1. The van der Waals surface area contributed by atoms with Crippen molar-refractivity contribution in [2.45, 2.75) is 18.4 Å². The maximum absolute atomic E-state index is 13.2. The Morgan fingerprint density at radius 1 is 1.15 bits per heavy atom. The van der Waals surface area contributed by atoms with Gasteiger partial charge in [0.15, 0.2) is 0 Å². The summed E-state index contributed by atoms with van der Waals surface area (Å²) >= 11 is 0. The number of nitrogens with one attached hydrogen (secondary N) is 1. The van der Waals surface area contributed by atoms with E-state index < -0.39 is 11.9 Å². The number of carbonyl (C=O) groups is 2. The van der Waals surface area contributed by atoms with Gasteiger partial charge in [-0.2, -0.15) is 0 Å². The molecule has 6 nitrogen and oxygen atoms in total. The van der Waals surface area contributed by atoms with Gasteiger partial charge in [0.1, 0.15) is 17.5 Å². The van der Waals surface area contributed by atoms with Gasteiger partial charge in [-0.25, -0.2) is 0 Å². The van der Waals surface area contributed by atoms with Crippen LogP contribution in [0.1, 0.15) is 28.4 Å². The van der Waals surface area contributed by atoms with E-state index in [1.807, 2.05) is 48.5 Å². The summed E-state index contributed by atoms with van der Waals surface area (Å²) in [6, 6.07) is 16.7. The minimum absolute atomic E-state index is 0.0894. The fourth-order valence-electron chi connectivity index (χ4n) is 3.87. The smallest absolute Gasteiger partial charge is 0.271 e. The molecule has 2 heterocycles. The van der Waals surface area contributed by atoms with Gasteiger partial charge in [0.05, 0.1) is 7.11 Å². The van der Waals surface area contributed by atoms with Crippen LogP contribution in [0.4, 0.5) is 0 Å². The average molecular weight is 363 g/mol. The van der Waals surface area contributed by atoms with Crippen molar-refractivity contribution >= 4 is 22.7 Å². The van der Waals surface area contributed by atoms with Crippen molar-refractivity contribution in [2.24, 2.45) is 5.73 Å². The van der Waals surface area contributed by atoms with Crippen LogP contribution in [-0.2, 0) is 4.79 Å². The highest BCUT2D eigenvalue weighted by Gasteiger charge is 2.39. The SMILES string of the molecule is COc1cccc2[nH]c(C(=O)N3CC(c4ccccc4)CC3C(N)=O)cc12. The molecule has 3 aromatic rings. The van der Waals surface area contributed by atoms with Gasteiger partial charge < -0.3 is 20.4 Å². The first-order valence-corrected chi connectivity index (χ1v) is 8.89. The van der Waals surface area contributed by atoms with Crippen molar-refractivity contribution < 1.29 is 14.3 Å². The number of nitrogens with two attached hydrogens (primary N) is 1. The Balaban J connectivity index is 1.66. The molecule has 1 aliphatic heterocycles. The van der Waals surface area contributed by atoms with Crippen LogP contribution < -0.4 is 10.5 Å². The van der Waals surface area contributed by atoms with Crippen molar-refractivity contribution in [1.82, 2.24) is 9.88 Å². The van der Waals surface area contributed by atoms with Crippen LogP contribution in [0.2, 0.25) is 0 Å². The monoisotopic (exact) mass is 363 g/mol. The molecule has 138 valence electrons. The molecule has 0 spiro atoms. The van der Waals surface area contributed by atoms with Crippen LogP contribution in [0.3, 0.4) is 0 Å². The zero-order valence-corrected chi connectivity index (χ0v) is 15.0. The Kier molecular flexibility index (Phi) is 4.32. The summed E-state index contributed by atoms with van der Waals surface area (Å²) in [5.41, 5.74) is 7.95. The second-order valence-electron chi connectivity index (χ2n) is 6.82. The van der Waals surface area contributed by atoms with Gasteiger partial charge in [-0.05, 0) is 30.2 Å². The number of aromatic amines is 1. The zero-order valence-electron chi connectivity index (χ0n) is 15.0. The van der Waals surface area contributed by atoms with E-state index in [1.165, 1.54) is 0 Å². The highest BCUT2D eigenvalue weighted by molar-refractivity contribution is 6.01. The number of benzene rings is 2. The standard InChI is InChI=1S/C21H21N3O3/c1-27-19-9-5-8-16-15(19)11-17(23-16)21(26)24-12-14(10-18(24)20(22)25)13-6-3-2-4-7-13/h2-9,11,14,18,23H,10,12H2,1H3,(H2,22,25). The number of fused-ring (bicyclic) bond motifs is 1. The van der Waals surface area contributed by atoms with Crippen molar-refractivity contribution in [3.8, 4) is 5.75 Å². The largest absolute Gasteiger partial charge is 0.496 e.